The lowest BCUT2D eigenvalue weighted by Gasteiger charge is -2.33. The fourth-order valence-electron chi connectivity index (χ4n) is 3.65. The van der Waals surface area contributed by atoms with E-state index >= 15 is 0 Å². The fourth-order valence-corrected chi connectivity index (χ4v) is 3.77. The second-order valence-corrected chi connectivity index (χ2v) is 7.89. The highest BCUT2D eigenvalue weighted by Gasteiger charge is 2.16. The molecule has 0 atom stereocenters. The van der Waals surface area contributed by atoms with Gasteiger partial charge < -0.3 is 0 Å². The van der Waals surface area contributed by atoms with E-state index in [-0.39, 0.29) is 0 Å². The summed E-state index contributed by atoms with van der Waals surface area (Å²) in [4.78, 5) is 2.53. The lowest BCUT2D eigenvalue weighted by molar-refractivity contribution is 0.131. The average Bonchev–Trinajstić information content (AvgIpc) is 2.76. The summed E-state index contributed by atoms with van der Waals surface area (Å²) in [6.07, 6.45) is 2.91. The molecule has 148 valence electrons. The van der Waals surface area contributed by atoms with Crippen molar-refractivity contribution < 1.29 is 0 Å². The predicted octanol–water partition coefficient (Wildman–Crippen LogP) is 5.08. The van der Waals surface area contributed by atoms with Gasteiger partial charge in [0, 0.05) is 37.7 Å². The monoisotopic (exact) mass is 403 g/mol. The van der Waals surface area contributed by atoms with Gasteiger partial charge in [-0.1, -0.05) is 78.3 Å². The number of hydrazone groups is 1. The first-order chi connectivity index (χ1) is 14.3. The first-order valence-electron chi connectivity index (χ1n) is 10.1. The maximum atomic E-state index is 5.94. The highest BCUT2D eigenvalue weighted by molar-refractivity contribution is 6.30. The Bertz CT molecular complexity index is 930. The van der Waals surface area contributed by atoms with Crippen LogP contribution in [0.25, 0.3) is 0 Å². The van der Waals surface area contributed by atoms with E-state index in [0.29, 0.717) is 0 Å². The van der Waals surface area contributed by atoms with Crippen LogP contribution in [0.1, 0.15) is 22.3 Å². The van der Waals surface area contributed by atoms with Gasteiger partial charge >= 0.3 is 0 Å². The molecule has 1 heterocycles. The van der Waals surface area contributed by atoms with Crippen LogP contribution in [-0.4, -0.2) is 42.3 Å². The van der Waals surface area contributed by atoms with Crippen LogP contribution in [-0.2, 0) is 13.0 Å². The molecule has 0 radical (unpaired) electrons. The Morgan fingerprint density at radius 3 is 2.14 bits per heavy atom. The van der Waals surface area contributed by atoms with Crippen molar-refractivity contribution in [1.29, 1.82) is 0 Å². The summed E-state index contributed by atoms with van der Waals surface area (Å²) in [6.45, 7) is 4.95. The molecule has 3 aromatic rings. The zero-order valence-electron chi connectivity index (χ0n) is 16.5. The van der Waals surface area contributed by atoms with Crippen molar-refractivity contribution in [3.63, 3.8) is 0 Å². The molecule has 0 bridgehead atoms. The largest absolute Gasteiger partial charge is 0.295 e. The van der Waals surface area contributed by atoms with Gasteiger partial charge in [0.25, 0.3) is 0 Å². The zero-order valence-corrected chi connectivity index (χ0v) is 17.3. The van der Waals surface area contributed by atoms with Gasteiger partial charge in [0.05, 0.1) is 6.21 Å². The molecule has 3 aromatic carbocycles. The van der Waals surface area contributed by atoms with Crippen molar-refractivity contribution in [3.05, 3.63) is 106 Å². The van der Waals surface area contributed by atoms with E-state index in [2.05, 4.69) is 69.6 Å². The van der Waals surface area contributed by atoms with E-state index in [1.54, 1.807) is 0 Å². The minimum absolute atomic E-state index is 0.753. The summed E-state index contributed by atoms with van der Waals surface area (Å²) >= 11 is 5.94. The molecule has 1 saturated heterocycles. The Labute approximate surface area is 178 Å². The Balaban J connectivity index is 1.32. The number of nitrogens with zero attached hydrogens (tertiary/aromatic N) is 3. The first-order valence-corrected chi connectivity index (χ1v) is 10.5. The van der Waals surface area contributed by atoms with Crippen LogP contribution in [0.3, 0.4) is 0 Å². The molecule has 4 rings (SSSR count). The molecule has 29 heavy (non-hydrogen) atoms. The molecule has 0 aliphatic carbocycles. The van der Waals surface area contributed by atoms with Gasteiger partial charge in [-0.25, -0.2) is 0 Å². The molecule has 0 amide bonds. The lowest BCUT2D eigenvalue weighted by atomic mass is 9.99. The van der Waals surface area contributed by atoms with Crippen molar-refractivity contribution in [2.75, 3.05) is 26.2 Å². The number of halogens is 1. The highest BCUT2D eigenvalue weighted by atomic mass is 35.5. The van der Waals surface area contributed by atoms with Crippen molar-refractivity contribution in [2.45, 2.75) is 13.0 Å². The molecule has 1 aliphatic rings. The van der Waals surface area contributed by atoms with Crippen LogP contribution in [0.2, 0.25) is 5.02 Å². The van der Waals surface area contributed by atoms with E-state index in [0.717, 1.165) is 49.7 Å². The maximum absolute atomic E-state index is 5.94. The van der Waals surface area contributed by atoms with Gasteiger partial charge in [-0.15, -0.1) is 0 Å². The van der Waals surface area contributed by atoms with Crippen LogP contribution in [0, 0.1) is 0 Å². The van der Waals surface area contributed by atoms with E-state index in [1.807, 2.05) is 30.5 Å². The second-order valence-electron chi connectivity index (χ2n) is 7.46. The van der Waals surface area contributed by atoms with Crippen LogP contribution in [0.15, 0.2) is 84.0 Å². The molecule has 1 aliphatic heterocycles. The van der Waals surface area contributed by atoms with Crippen molar-refractivity contribution in [3.8, 4) is 0 Å². The van der Waals surface area contributed by atoms with Crippen LogP contribution < -0.4 is 0 Å². The fraction of sp³-hybridized carbons (Fsp3) is 0.240. The third-order valence-electron chi connectivity index (χ3n) is 5.34. The Morgan fingerprint density at radius 2 is 1.41 bits per heavy atom. The smallest absolute Gasteiger partial charge is 0.0542 e. The lowest BCUT2D eigenvalue weighted by Crippen LogP contribution is -2.43. The van der Waals surface area contributed by atoms with E-state index in [1.165, 1.54) is 16.7 Å². The third-order valence-corrected chi connectivity index (χ3v) is 5.59. The summed E-state index contributed by atoms with van der Waals surface area (Å²) in [7, 11) is 0. The molecule has 0 unspecified atom stereocenters. The van der Waals surface area contributed by atoms with E-state index in [9.17, 15) is 0 Å². The summed E-state index contributed by atoms with van der Waals surface area (Å²) in [5.41, 5.74) is 5.28. The number of rotatable bonds is 6. The quantitative estimate of drug-likeness (QED) is 0.534. The minimum Gasteiger partial charge on any atom is -0.295 e. The molecular formula is C25H26ClN3. The van der Waals surface area contributed by atoms with Gasteiger partial charge in [-0.05, 0) is 40.8 Å². The predicted molar refractivity (Wildman–Crippen MR) is 122 cm³/mol. The molecule has 1 fully saturated rings. The number of benzene rings is 3. The van der Waals surface area contributed by atoms with Gasteiger partial charge in [-0.2, -0.15) is 5.10 Å². The topological polar surface area (TPSA) is 18.8 Å². The van der Waals surface area contributed by atoms with Crippen LogP contribution in [0.5, 0.6) is 0 Å². The summed E-state index contributed by atoms with van der Waals surface area (Å²) in [5, 5.41) is 7.54. The van der Waals surface area contributed by atoms with Crippen LogP contribution in [0.4, 0.5) is 0 Å². The summed E-state index contributed by atoms with van der Waals surface area (Å²) in [6, 6.07) is 27.3. The maximum Gasteiger partial charge on any atom is 0.0542 e. The second kappa shape index (κ2) is 9.73. The van der Waals surface area contributed by atoms with Crippen molar-refractivity contribution in [1.82, 2.24) is 9.91 Å². The molecule has 0 spiro atoms. The Morgan fingerprint density at radius 1 is 0.759 bits per heavy atom. The molecular weight excluding hydrogens is 378 g/mol. The van der Waals surface area contributed by atoms with E-state index < -0.39 is 0 Å². The standard InChI is InChI=1S/C25H26ClN3/c26-25-12-10-22(11-13-25)19-27-29-16-14-28(15-17-29)20-24-9-5-4-8-23(24)18-21-6-2-1-3-7-21/h1-13,19H,14-18,20H2/b27-19+. The van der Waals surface area contributed by atoms with E-state index in [4.69, 9.17) is 11.6 Å². The van der Waals surface area contributed by atoms with Crippen LogP contribution >= 0.6 is 11.6 Å². The van der Waals surface area contributed by atoms with Gasteiger partial charge in [-0.3, -0.25) is 9.91 Å². The summed E-state index contributed by atoms with van der Waals surface area (Å²) < 4.78 is 0. The molecule has 0 N–H and O–H groups in total. The molecule has 0 saturated carbocycles. The number of hydrogen-bond acceptors (Lipinski definition) is 3. The average molecular weight is 404 g/mol. The molecule has 4 heteroatoms. The SMILES string of the molecule is Clc1ccc(/C=N/N2CCN(Cc3ccccc3Cc3ccccc3)CC2)cc1. The normalized spacial score (nSPS) is 15.1. The molecule has 0 aromatic heterocycles. The number of piperazine rings is 1. The summed E-state index contributed by atoms with van der Waals surface area (Å²) in [5.74, 6) is 0. The van der Waals surface area contributed by atoms with Gasteiger partial charge in [0.2, 0.25) is 0 Å². The molecule has 3 nitrogen and oxygen atoms in total. The third kappa shape index (κ3) is 5.69. The van der Waals surface area contributed by atoms with Gasteiger partial charge in [0.1, 0.15) is 0 Å². The van der Waals surface area contributed by atoms with Crippen molar-refractivity contribution in [2.24, 2.45) is 5.10 Å². The Hall–Kier alpha value is -2.62. The number of hydrogen-bond donors (Lipinski definition) is 0. The Kier molecular flexibility index (Phi) is 6.60. The minimum atomic E-state index is 0.753. The first kappa shape index (κ1) is 19.7. The van der Waals surface area contributed by atoms with Crippen molar-refractivity contribution >= 4 is 17.8 Å². The zero-order chi connectivity index (χ0) is 19.9. The highest BCUT2D eigenvalue weighted by Crippen LogP contribution is 2.17. The van der Waals surface area contributed by atoms with Gasteiger partial charge in [0.15, 0.2) is 0 Å².